The van der Waals surface area contributed by atoms with E-state index in [1.165, 1.54) is 41.3 Å². The second-order valence-electron chi connectivity index (χ2n) is 4.89. The number of halogens is 1. The Morgan fingerprint density at radius 3 is 2.38 bits per heavy atom. The zero-order chi connectivity index (χ0) is 17.7. The highest BCUT2D eigenvalue weighted by molar-refractivity contribution is 5.98. The van der Waals surface area contributed by atoms with Crippen LogP contribution in [0.15, 0.2) is 42.5 Å². The normalized spacial score (nSPS) is 10.2. The molecule has 0 heterocycles. The number of benzene rings is 2. The van der Waals surface area contributed by atoms with Crippen LogP contribution in [0.25, 0.3) is 0 Å². The third-order valence-corrected chi connectivity index (χ3v) is 3.28. The van der Waals surface area contributed by atoms with Gasteiger partial charge in [0.2, 0.25) is 0 Å². The molecule has 0 atom stereocenters. The molecule has 0 aliphatic rings. The van der Waals surface area contributed by atoms with Gasteiger partial charge in [-0.3, -0.25) is 4.79 Å². The molecule has 0 fully saturated rings. The first-order chi connectivity index (χ1) is 11.4. The maximum atomic E-state index is 12.9. The van der Waals surface area contributed by atoms with Crippen molar-refractivity contribution in [2.75, 3.05) is 18.1 Å². The Morgan fingerprint density at radius 1 is 1.12 bits per heavy atom. The van der Waals surface area contributed by atoms with Gasteiger partial charge in [0.25, 0.3) is 5.91 Å². The Hall–Kier alpha value is -3.09. The number of amides is 1. The van der Waals surface area contributed by atoms with E-state index in [2.05, 4.69) is 0 Å². The van der Waals surface area contributed by atoms with E-state index >= 15 is 0 Å². The lowest BCUT2D eigenvalue weighted by Crippen LogP contribution is -2.34. The highest BCUT2D eigenvalue weighted by Gasteiger charge is 2.18. The van der Waals surface area contributed by atoms with Crippen LogP contribution in [0.4, 0.5) is 10.1 Å². The van der Waals surface area contributed by atoms with Gasteiger partial charge in [0.1, 0.15) is 22.9 Å². The molecule has 2 aromatic rings. The van der Waals surface area contributed by atoms with Gasteiger partial charge in [0.15, 0.2) is 6.61 Å². The van der Waals surface area contributed by atoms with Crippen LogP contribution in [-0.4, -0.2) is 35.2 Å². The number of phenolic OH excluding ortho intramolecular Hbond substituents is 2. The van der Waals surface area contributed by atoms with Crippen LogP contribution in [0.1, 0.15) is 17.3 Å². The lowest BCUT2D eigenvalue weighted by Gasteiger charge is -2.20. The number of ether oxygens (including phenoxy) is 1. The smallest absolute Gasteiger partial charge is 0.342 e. The van der Waals surface area contributed by atoms with Gasteiger partial charge in [-0.05, 0) is 43.3 Å². The molecule has 2 rings (SSSR count). The number of hydrogen-bond acceptors (Lipinski definition) is 5. The van der Waals surface area contributed by atoms with E-state index in [1.807, 2.05) is 0 Å². The number of aromatic hydroxyl groups is 2. The van der Waals surface area contributed by atoms with Gasteiger partial charge in [-0.2, -0.15) is 0 Å². The quantitative estimate of drug-likeness (QED) is 0.821. The zero-order valence-corrected chi connectivity index (χ0v) is 12.9. The Morgan fingerprint density at radius 2 is 1.79 bits per heavy atom. The monoisotopic (exact) mass is 333 g/mol. The summed E-state index contributed by atoms with van der Waals surface area (Å²) in [6, 6.07) is 8.76. The van der Waals surface area contributed by atoms with Crippen molar-refractivity contribution in [3.05, 3.63) is 53.8 Å². The van der Waals surface area contributed by atoms with E-state index in [4.69, 9.17) is 4.74 Å². The number of carbonyl (C=O) groups excluding carboxylic acids is 2. The molecule has 0 radical (unpaired) electrons. The van der Waals surface area contributed by atoms with Crippen LogP contribution in [0.2, 0.25) is 0 Å². The molecule has 0 aromatic heterocycles. The molecule has 24 heavy (non-hydrogen) atoms. The predicted molar refractivity (Wildman–Crippen MR) is 84.5 cm³/mol. The van der Waals surface area contributed by atoms with E-state index in [9.17, 15) is 24.2 Å². The maximum absolute atomic E-state index is 12.9. The first-order valence-electron chi connectivity index (χ1n) is 7.17. The Bertz CT molecular complexity index is 745. The standard InChI is InChI=1S/C17H16FNO5/c1-2-19(12-5-3-11(18)4-6-12)16(22)10-24-17(23)14-8-7-13(20)9-15(14)21/h3-9,20-21H,2,10H2,1H3. The second-order valence-corrected chi connectivity index (χ2v) is 4.89. The van der Waals surface area contributed by atoms with E-state index in [-0.39, 0.29) is 11.3 Å². The second kappa shape index (κ2) is 7.45. The summed E-state index contributed by atoms with van der Waals surface area (Å²) in [5.74, 6) is -2.45. The van der Waals surface area contributed by atoms with Crippen LogP contribution >= 0.6 is 0 Å². The molecule has 0 aliphatic carbocycles. The third-order valence-electron chi connectivity index (χ3n) is 3.28. The summed E-state index contributed by atoms with van der Waals surface area (Å²) in [6.07, 6.45) is 0. The number of rotatable bonds is 5. The van der Waals surface area contributed by atoms with Gasteiger partial charge < -0.3 is 19.8 Å². The number of anilines is 1. The van der Waals surface area contributed by atoms with Crippen LogP contribution in [0.3, 0.4) is 0 Å². The summed E-state index contributed by atoms with van der Waals surface area (Å²) in [5, 5.41) is 18.8. The molecule has 6 nitrogen and oxygen atoms in total. The number of likely N-dealkylation sites (N-methyl/N-ethyl adjacent to an activating group) is 1. The molecule has 0 unspecified atom stereocenters. The van der Waals surface area contributed by atoms with E-state index in [0.717, 1.165) is 6.07 Å². The van der Waals surface area contributed by atoms with Gasteiger partial charge >= 0.3 is 5.97 Å². The van der Waals surface area contributed by atoms with Crippen molar-refractivity contribution in [3.8, 4) is 11.5 Å². The van der Waals surface area contributed by atoms with Crippen molar-refractivity contribution in [2.24, 2.45) is 0 Å². The molecular formula is C17H16FNO5. The van der Waals surface area contributed by atoms with Crippen LogP contribution < -0.4 is 4.90 Å². The highest BCUT2D eigenvalue weighted by atomic mass is 19.1. The van der Waals surface area contributed by atoms with Crippen molar-refractivity contribution < 1.29 is 28.9 Å². The lowest BCUT2D eigenvalue weighted by molar-refractivity contribution is -0.121. The van der Waals surface area contributed by atoms with Crippen molar-refractivity contribution in [1.29, 1.82) is 0 Å². The SMILES string of the molecule is CCN(C(=O)COC(=O)c1ccc(O)cc1O)c1ccc(F)cc1. The van der Waals surface area contributed by atoms with Crippen LogP contribution in [-0.2, 0) is 9.53 Å². The minimum absolute atomic E-state index is 0.162. The van der Waals surface area contributed by atoms with Gasteiger partial charge in [0.05, 0.1) is 0 Å². The third kappa shape index (κ3) is 4.01. The fraction of sp³-hybridized carbons (Fsp3) is 0.176. The van der Waals surface area contributed by atoms with Crippen molar-refractivity contribution in [1.82, 2.24) is 0 Å². The highest BCUT2D eigenvalue weighted by Crippen LogP contribution is 2.23. The molecule has 0 aliphatic heterocycles. The minimum atomic E-state index is -0.893. The molecule has 2 aromatic carbocycles. The molecular weight excluding hydrogens is 317 g/mol. The largest absolute Gasteiger partial charge is 0.508 e. The van der Waals surface area contributed by atoms with Gasteiger partial charge in [-0.25, -0.2) is 9.18 Å². The lowest BCUT2D eigenvalue weighted by atomic mass is 10.2. The number of carbonyl (C=O) groups is 2. The Labute approximate surface area is 137 Å². The topological polar surface area (TPSA) is 87.1 Å². The Kier molecular flexibility index (Phi) is 5.36. The summed E-state index contributed by atoms with van der Waals surface area (Å²) >= 11 is 0. The number of hydrogen-bond donors (Lipinski definition) is 2. The first kappa shape index (κ1) is 17.3. The van der Waals surface area contributed by atoms with Crippen LogP contribution in [0, 0.1) is 5.82 Å². The molecule has 0 spiro atoms. The zero-order valence-electron chi connectivity index (χ0n) is 12.9. The molecule has 2 N–H and O–H groups in total. The summed E-state index contributed by atoms with van der Waals surface area (Å²) in [5.41, 5.74) is 0.317. The fourth-order valence-electron chi connectivity index (χ4n) is 2.10. The van der Waals surface area contributed by atoms with Crippen molar-refractivity contribution in [3.63, 3.8) is 0 Å². The molecule has 0 saturated heterocycles. The number of nitrogens with zero attached hydrogens (tertiary/aromatic N) is 1. The van der Waals surface area contributed by atoms with Crippen molar-refractivity contribution >= 4 is 17.6 Å². The average Bonchev–Trinajstić information content (AvgIpc) is 2.55. The van der Waals surface area contributed by atoms with E-state index < -0.39 is 30.1 Å². The molecule has 0 bridgehead atoms. The fourth-order valence-corrected chi connectivity index (χ4v) is 2.10. The van der Waals surface area contributed by atoms with Gasteiger partial charge in [-0.15, -0.1) is 0 Å². The summed E-state index contributed by atoms with van der Waals surface area (Å²) < 4.78 is 17.8. The van der Waals surface area contributed by atoms with Gasteiger partial charge in [-0.1, -0.05) is 0 Å². The number of esters is 1. The number of phenols is 2. The average molecular weight is 333 g/mol. The summed E-state index contributed by atoms with van der Waals surface area (Å²) in [6.45, 7) is 1.51. The molecule has 0 saturated carbocycles. The molecule has 1 amide bonds. The summed E-state index contributed by atoms with van der Waals surface area (Å²) in [7, 11) is 0. The molecule has 126 valence electrons. The predicted octanol–water partition coefficient (Wildman–Crippen LogP) is 2.45. The van der Waals surface area contributed by atoms with Gasteiger partial charge in [0, 0.05) is 18.3 Å². The molecule has 7 heteroatoms. The van der Waals surface area contributed by atoms with E-state index in [0.29, 0.717) is 12.2 Å². The first-order valence-corrected chi connectivity index (χ1v) is 7.17. The minimum Gasteiger partial charge on any atom is -0.508 e. The summed E-state index contributed by atoms with van der Waals surface area (Å²) in [4.78, 5) is 25.4. The van der Waals surface area contributed by atoms with E-state index in [1.54, 1.807) is 6.92 Å². The van der Waals surface area contributed by atoms with Crippen LogP contribution in [0.5, 0.6) is 11.5 Å². The maximum Gasteiger partial charge on any atom is 0.342 e. The Balaban J connectivity index is 2.03. The van der Waals surface area contributed by atoms with Crippen molar-refractivity contribution in [2.45, 2.75) is 6.92 Å².